The number of carbonyl (C=O) groups is 1. The number of aliphatic hydroxyl groups is 1. The molecule has 8 nitrogen and oxygen atoms in total. The lowest BCUT2D eigenvalue weighted by molar-refractivity contribution is -0.124. The Balaban J connectivity index is 1.47. The number of β-amino-alcohol motifs (C(OH)–C–C–N with tert-alkyl or cyclic N) is 1. The van der Waals surface area contributed by atoms with Gasteiger partial charge in [-0.05, 0) is 31.7 Å². The molecule has 4 heterocycles. The normalized spacial score (nSPS) is 19.4. The summed E-state index contributed by atoms with van der Waals surface area (Å²) in [6.07, 6.45) is 2.13. The van der Waals surface area contributed by atoms with E-state index in [9.17, 15) is 23.5 Å². The molecule has 3 N–H and O–H groups in total. The van der Waals surface area contributed by atoms with Crippen LogP contribution in [0.2, 0.25) is 0 Å². The number of hydrogen-bond donors (Lipinski definition) is 3. The number of halogens is 2. The van der Waals surface area contributed by atoms with Crippen molar-refractivity contribution in [1.82, 2.24) is 9.97 Å². The van der Waals surface area contributed by atoms with E-state index in [2.05, 4.69) is 15.3 Å². The fourth-order valence-corrected chi connectivity index (χ4v) is 5.09. The summed E-state index contributed by atoms with van der Waals surface area (Å²) >= 11 is 0. The van der Waals surface area contributed by atoms with Crippen molar-refractivity contribution >= 4 is 23.4 Å². The van der Waals surface area contributed by atoms with E-state index in [4.69, 9.17) is 0 Å². The Morgan fingerprint density at radius 2 is 1.97 bits per heavy atom. The first-order valence-electron chi connectivity index (χ1n) is 10.5. The van der Waals surface area contributed by atoms with Gasteiger partial charge >= 0.3 is 0 Å². The van der Waals surface area contributed by atoms with E-state index < -0.39 is 17.0 Å². The van der Waals surface area contributed by atoms with Crippen molar-refractivity contribution in [2.24, 2.45) is 0 Å². The summed E-state index contributed by atoms with van der Waals surface area (Å²) < 4.78 is 28.7. The summed E-state index contributed by atoms with van der Waals surface area (Å²) in [5.74, 6) is -0.825. The highest BCUT2D eigenvalue weighted by Crippen LogP contribution is 2.49. The molecule has 0 saturated carbocycles. The average Bonchev–Trinajstić information content (AvgIpc) is 2.97. The zero-order valence-corrected chi connectivity index (χ0v) is 16.9. The number of piperidine rings is 1. The minimum absolute atomic E-state index is 0.0223. The van der Waals surface area contributed by atoms with Gasteiger partial charge in [0.1, 0.15) is 17.5 Å². The highest BCUT2D eigenvalue weighted by Gasteiger charge is 2.54. The van der Waals surface area contributed by atoms with Crippen LogP contribution in [0.4, 0.5) is 26.2 Å². The lowest BCUT2D eigenvalue weighted by Gasteiger charge is -2.39. The maximum atomic E-state index is 14.9. The number of amides is 1. The second-order valence-corrected chi connectivity index (χ2v) is 8.28. The zero-order chi connectivity index (χ0) is 21.8. The summed E-state index contributed by atoms with van der Waals surface area (Å²) in [6, 6.07) is 1.96. The summed E-state index contributed by atoms with van der Waals surface area (Å²) in [5, 5.41) is 12.5. The van der Waals surface area contributed by atoms with E-state index in [1.165, 1.54) is 4.90 Å². The summed E-state index contributed by atoms with van der Waals surface area (Å²) in [4.78, 5) is 36.3. The van der Waals surface area contributed by atoms with Crippen LogP contribution in [-0.2, 0) is 16.6 Å². The third kappa shape index (κ3) is 3.00. The highest BCUT2D eigenvalue weighted by molar-refractivity contribution is 6.08. The third-order valence-electron chi connectivity index (χ3n) is 6.60. The molecule has 0 atom stereocenters. The molecule has 1 amide bonds. The smallest absolute Gasteiger partial charge is 0.257 e. The molecule has 1 aromatic heterocycles. The van der Waals surface area contributed by atoms with E-state index in [0.717, 1.165) is 25.1 Å². The van der Waals surface area contributed by atoms with Crippen molar-refractivity contribution in [3.63, 3.8) is 0 Å². The number of H-pyrrole nitrogens is 1. The maximum Gasteiger partial charge on any atom is 0.257 e. The van der Waals surface area contributed by atoms with Crippen LogP contribution in [0.3, 0.4) is 0 Å². The van der Waals surface area contributed by atoms with Gasteiger partial charge in [-0.3, -0.25) is 14.6 Å². The van der Waals surface area contributed by atoms with Gasteiger partial charge < -0.3 is 20.2 Å². The Kier molecular flexibility index (Phi) is 4.69. The van der Waals surface area contributed by atoms with Crippen LogP contribution in [0, 0.1) is 11.6 Å². The Morgan fingerprint density at radius 1 is 1.19 bits per heavy atom. The summed E-state index contributed by atoms with van der Waals surface area (Å²) in [5.41, 5.74) is -0.265. The van der Waals surface area contributed by atoms with Crippen LogP contribution in [0.25, 0.3) is 0 Å². The number of aromatic nitrogens is 2. The number of carbonyl (C=O) groups excluding carboxylic acids is 1. The van der Waals surface area contributed by atoms with Gasteiger partial charge in [0.25, 0.3) is 5.56 Å². The molecule has 1 saturated heterocycles. The number of fused-ring (bicyclic) bond motifs is 3. The molecule has 1 aromatic carbocycles. The topological polar surface area (TPSA) is 102 Å². The number of rotatable bonds is 3. The quantitative estimate of drug-likeness (QED) is 0.677. The average molecular weight is 431 g/mol. The van der Waals surface area contributed by atoms with Gasteiger partial charge in [-0.15, -0.1) is 0 Å². The van der Waals surface area contributed by atoms with Gasteiger partial charge in [0.05, 0.1) is 23.3 Å². The third-order valence-corrected chi connectivity index (χ3v) is 6.60. The molecule has 0 unspecified atom stereocenters. The van der Waals surface area contributed by atoms with Crippen molar-refractivity contribution < 1.29 is 18.7 Å². The van der Waals surface area contributed by atoms with Gasteiger partial charge in [0, 0.05) is 37.8 Å². The van der Waals surface area contributed by atoms with Crippen LogP contribution in [0.5, 0.6) is 0 Å². The molecular weight excluding hydrogens is 408 g/mol. The largest absolute Gasteiger partial charge is 0.395 e. The molecule has 5 rings (SSSR count). The number of nitrogens with one attached hydrogen (secondary N) is 2. The van der Waals surface area contributed by atoms with Crippen molar-refractivity contribution in [2.45, 2.75) is 31.1 Å². The van der Waals surface area contributed by atoms with E-state index in [-0.39, 0.29) is 48.7 Å². The van der Waals surface area contributed by atoms with Crippen LogP contribution in [-0.4, -0.2) is 53.8 Å². The summed E-state index contributed by atoms with van der Waals surface area (Å²) in [6.45, 7) is 1.17. The minimum atomic E-state index is -1.12. The molecule has 164 valence electrons. The van der Waals surface area contributed by atoms with E-state index in [1.54, 1.807) is 0 Å². The second-order valence-electron chi connectivity index (χ2n) is 8.28. The van der Waals surface area contributed by atoms with Crippen LogP contribution >= 0.6 is 0 Å². The number of aliphatic hydroxyl groups excluding tert-OH is 1. The standard InChI is InChI=1S/C21H23F2N5O3/c22-12-10-14(23)16-15(11-12)28(8-9-29)19(31)21(16)3-6-27(7-4-21)20-25-17-13(18(30)26-20)2-1-5-24-17/h10-11,29H,1-9H2,(H2,24,25,26,30). The van der Waals surface area contributed by atoms with Crippen molar-refractivity contribution in [1.29, 1.82) is 0 Å². The monoisotopic (exact) mass is 431 g/mol. The second kappa shape index (κ2) is 7.30. The van der Waals surface area contributed by atoms with Gasteiger partial charge in [-0.1, -0.05) is 0 Å². The molecule has 0 aliphatic carbocycles. The molecule has 3 aliphatic heterocycles. The number of anilines is 3. The molecule has 2 aromatic rings. The SMILES string of the molecule is O=C1N(CCO)c2cc(F)cc(F)c2C12CCN(c1nc3c(c(=O)[nH]1)CCCN3)CC2. The minimum Gasteiger partial charge on any atom is -0.395 e. The molecule has 1 spiro atoms. The predicted octanol–water partition coefficient (Wildman–Crippen LogP) is 1.28. The van der Waals surface area contributed by atoms with E-state index in [1.807, 2.05) is 4.90 Å². The van der Waals surface area contributed by atoms with Gasteiger partial charge in [-0.25, -0.2) is 8.78 Å². The molecule has 31 heavy (non-hydrogen) atoms. The first-order chi connectivity index (χ1) is 14.9. The predicted molar refractivity (Wildman–Crippen MR) is 111 cm³/mol. The Morgan fingerprint density at radius 3 is 2.71 bits per heavy atom. The Hall–Kier alpha value is -3.01. The molecule has 1 fully saturated rings. The van der Waals surface area contributed by atoms with Gasteiger partial charge in [0.15, 0.2) is 0 Å². The Labute approximate surface area is 176 Å². The first-order valence-corrected chi connectivity index (χ1v) is 10.5. The molecule has 10 heteroatoms. The van der Waals surface area contributed by atoms with Crippen LogP contribution in [0.1, 0.15) is 30.4 Å². The van der Waals surface area contributed by atoms with E-state index >= 15 is 0 Å². The van der Waals surface area contributed by atoms with Crippen molar-refractivity contribution in [3.8, 4) is 0 Å². The van der Waals surface area contributed by atoms with Crippen LogP contribution < -0.4 is 20.7 Å². The fraction of sp³-hybridized carbons (Fsp3) is 0.476. The highest BCUT2D eigenvalue weighted by atomic mass is 19.1. The van der Waals surface area contributed by atoms with Crippen molar-refractivity contribution in [2.75, 3.05) is 47.9 Å². The lowest BCUT2D eigenvalue weighted by Crippen LogP contribution is -2.50. The number of hydrogen-bond acceptors (Lipinski definition) is 6. The molecule has 0 radical (unpaired) electrons. The lowest BCUT2D eigenvalue weighted by atomic mass is 9.73. The fourth-order valence-electron chi connectivity index (χ4n) is 5.09. The molecule has 0 bridgehead atoms. The van der Waals surface area contributed by atoms with Crippen molar-refractivity contribution in [3.05, 3.63) is 45.2 Å². The first kappa shape index (κ1) is 19.9. The number of nitrogens with zero attached hydrogens (tertiary/aromatic N) is 3. The zero-order valence-electron chi connectivity index (χ0n) is 16.9. The number of benzene rings is 1. The van der Waals surface area contributed by atoms with Gasteiger partial charge in [0.2, 0.25) is 11.9 Å². The maximum absolute atomic E-state index is 14.9. The van der Waals surface area contributed by atoms with E-state index in [0.29, 0.717) is 36.8 Å². The van der Waals surface area contributed by atoms with Gasteiger partial charge in [-0.2, -0.15) is 4.98 Å². The molecule has 3 aliphatic rings. The number of aromatic amines is 1. The summed E-state index contributed by atoms with van der Waals surface area (Å²) in [7, 11) is 0. The molecular formula is C21H23F2N5O3. The Bertz CT molecular complexity index is 1110. The van der Waals surface area contributed by atoms with Crippen LogP contribution in [0.15, 0.2) is 16.9 Å².